The molecule has 0 radical (unpaired) electrons. The molecule has 2 bridgehead atoms. The van der Waals surface area contributed by atoms with Gasteiger partial charge in [-0.2, -0.15) is 0 Å². The molecule has 4 rings (SSSR count). The smallest absolute Gasteiger partial charge is 0.232 e. The molecule has 2 aliphatic heterocycles. The number of H-pyrrole nitrogens is 1. The first-order valence-corrected chi connectivity index (χ1v) is 9.84. The standard InChI is InChI=1S/C18H24N4OS/c1-12(18-20-15-4-2-3-5-16(15)21-18)24-11-17(23)22-9-8-13-6-7-14(10-22)19-13/h2-5,12-14,19H,6-11H2,1H3,(H,20,21). The average Bonchev–Trinajstić information content (AvgIpc) is 3.15. The fourth-order valence-electron chi connectivity index (χ4n) is 3.70. The molecule has 1 aromatic heterocycles. The van der Waals surface area contributed by atoms with E-state index in [4.69, 9.17) is 0 Å². The fraction of sp³-hybridized carbons (Fsp3) is 0.556. The highest BCUT2D eigenvalue weighted by molar-refractivity contribution is 8.00. The summed E-state index contributed by atoms with van der Waals surface area (Å²) in [7, 11) is 0. The fourth-order valence-corrected chi connectivity index (χ4v) is 4.55. The number of carbonyl (C=O) groups is 1. The molecule has 0 aliphatic carbocycles. The van der Waals surface area contributed by atoms with E-state index in [-0.39, 0.29) is 11.2 Å². The topological polar surface area (TPSA) is 61.0 Å². The molecule has 3 atom stereocenters. The number of carbonyl (C=O) groups excluding carboxylic acids is 1. The van der Waals surface area contributed by atoms with Crippen LogP contribution in [0.3, 0.4) is 0 Å². The molecule has 24 heavy (non-hydrogen) atoms. The second-order valence-electron chi connectivity index (χ2n) is 6.86. The van der Waals surface area contributed by atoms with E-state index in [9.17, 15) is 4.79 Å². The summed E-state index contributed by atoms with van der Waals surface area (Å²) < 4.78 is 0. The summed E-state index contributed by atoms with van der Waals surface area (Å²) in [5, 5.41) is 3.81. The van der Waals surface area contributed by atoms with Gasteiger partial charge in [0.2, 0.25) is 5.91 Å². The van der Waals surface area contributed by atoms with E-state index in [2.05, 4.69) is 27.1 Å². The molecular formula is C18H24N4OS. The predicted molar refractivity (Wildman–Crippen MR) is 98.1 cm³/mol. The first kappa shape index (κ1) is 16.0. The lowest BCUT2D eigenvalue weighted by atomic mass is 10.1. The quantitative estimate of drug-likeness (QED) is 0.895. The molecule has 0 saturated carbocycles. The molecule has 2 N–H and O–H groups in total. The van der Waals surface area contributed by atoms with E-state index in [1.54, 1.807) is 11.8 Å². The minimum absolute atomic E-state index is 0.183. The summed E-state index contributed by atoms with van der Waals surface area (Å²) >= 11 is 1.67. The number of imidazole rings is 1. The number of hydrogen-bond acceptors (Lipinski definition) is 4. The van der Waals surface area contributed by atoms with Gasteiger partial charge in [-0.15, -0.1) is 11.8 Å². The third kappa shape index (κ3) is 3.30. The van der Waals surface area contributed by atoms with E-state index >= 15 is 0 Å². The summed E-state index contributed by atoms with van der Waals surface area (Å²) in [6.45, 7) is 3.88. The number of aromatic nitrogens is 2. The number of amides is 1. The zero-order valence-corrected chi connectivity index (χ0v) is 14.8. The Morgan fingerprint density at radius 2 is 2.17 bits per heavy atom. The van der Waals surface area contributed by atoms with Crippen LogP contribution in [0.25, 0.3) is 11.0 Å². The van der Waals surface area contributed by atoms with E-state index in [0.29, 0.717) is 17.8 Å². The van der Waals surface area contributed by atoms with Crippen LogP contribution in [0.4, 0.5) is 0 Å². The highest BCUT2D eigenvalue weighted by Crippen LogP contribution is 2.28. The molecule has 2 fully saturated rings. The summed E-state index contributed by atoms with van der Waals surface area (Å²) in [5.74, 6) is 1.73. The zero-order valence-electron chi connectivity index (χ0n) is 14.0. The number of benzene rings is 1. The summed E-state index contributed by atoms with van der Waals surface area (Å²) in [6.07, 6.45) is 3.56. The number of thioether (sulfide) groups is 1. The minimum atomic E-state index is 0.183. The van der Waals surface area contributed by atoms with Gasteiger partial charge in [0.15, 0.2) is 0 Å². The second-order valence-corrected chi connectivity index (χ2v) is 8.19. The SMILES string of the molecule is CC(SCC(=O)N1CCC2CCC(C1)N2)c1nc2ccccc2[nH]1. The van der Waals surface area contributed by atoms with Gasteiger partial charge in [0.1, 0.15) is 5.82 Å². The van der Waals surface area contributed by atoms with Crippen molar-refractivity contribution >= 4 is 28.7 Å². The highest BCUT2D eigenvalue weighted by Gasteiger charge is 2.31. The number of aromatic amines is 1. The van der Waals surface area contributed by atoms with Crippen LogP contribution in [0.2, 0.25) is 0 Å². The van der Waals surface area contributed by atoms with Crippen molar-refractivity contribution in [2.75, 3.05) is 18.8 Å². The highest BCUT2D eigenvalue weighted by atomic mass is 32.2. The lowest BCUT2D eigenvalue weighted by Gasteiger charge is -2.24. The Hall–Kier alpha value is -1.53. The number of nitrogens with one attached hydrogen (secondary N) is 2. The van der Waals surface area contributed by atoms with Gasteiger partial charge >= 0.3 is 0 Å². The molecule has 2 saturated heterocycles. The Balaban J connectivity index is 1.34. The molecule has 0 spiro atoms. The Bertz CT molecular complexity index is 698. The van der Waals surface area contributed by atoms with Gasteiger partial charge in [-0.25, -0.2) is 4.98 Å². The Kier molecular flexibility index (Phi) is 4.50. The van der Waals surface area contributed by atoms with Crippen molar-refractivity contribution in [3.8, 4) is 0 Å². The lowest BCUT2D eigenvalue weighted by Crippen LogP contribution is -2.40. The van der Waals surface area contributed by atoms with Crippen LogP contribution in [-0.2, 0) is 4.79 Å². The largest absolute Gasteiger partial charge is 0.341 e. The van der Waals surface area contributed by atoms with Crippen molar-refractivity contribution in [2.24, 2.45) is 0 Å². The van der Waals surface area contributed by atoms with Crippen LogP contribution < -0.4 is 5.32 Å². The Labute approximate surface area is 146 Å². The van der Waals surface area contributed by atoms with Gasteiger partial charge in [0, 0.05) is 25.2 Å². The molecule has 6 heteroatoms. The van der Waals surface area contributed by atoms with Crippen molar-refractivity contribution in [3.05, 3.63) is 30.1 Å². The van der Waals surface area contributed by atoms with Gasteiger partial charge in [-0.3, -0.25) is 4.79 Å². The van der Waals surface area contributed by atoms with Crippen LogP contribution in [0.15, 0.2) is 24.3 Å². The molecule has 1 amide bonds. The number of para-hydroxylation sites is 2. The van der Waals surface area contributed by atoms with Gasteiger partial charge in [-0.05, 0) is 38.3 Å². The molecule has 1 aromatic carbocycles. The molecular weight excluding hydrogens is 320 g/mol. The van der Waals surface area contributed by atoms with Gasteiger partial charge in [-0.1, -0.05) is 12.1 Å². The average molecular weight is 344 g/mol. The van der Waals surface area contributed by atoms with Crippen molar-refractivity contribution in [3.63, 3.8) is 0 Å². The molecule has 128 valence electrons. The monoisotopic (exact) mass is 344 g/mol. The summed E-state index contributed by atoms with van der Waals surface area (Å²) in [4.78, 5) is 22.6. The van der Waals surface area contributed by atoms with Crippen LogP contribution in [-0.4, -0.2) is 51.7 Å². The molecule has 3 unspecified atom stereocenters. The van der Waals surface area contributed by atoms with Crippen LogP contribution in [0, 0.1) is 0 Å². The van der Waals surface area contributed by atoms with Gasteiger partial charge in [0.05, 0.1) is 22.0 Å². The van der Waals surface area contributed by atoms with Crippen molar-refractivity contribution in [1.82, 2.24) is 20.2 Å². The maximum Gasteiger partial charge on any atom is 0.232 e. The normalized spacial score (nSPS) is 25.0. The van der Waals surface area contributed by atoms with Crippen LogP contribution in [0.1, 0.15) is 37.3 Å². The molecule has 2 aliphatic rings. The number of hydrogen-bond donors (Lipinski definition) is 2. The zero-order chi connectivity index (χ0) is 16.5. The summed E-state index contributed by atoms with van der Waals surface area (Å²) in [6, 6.07) is 9.17. The number of likely N-dealkylation sites (tertiary alicyclic amines) is 1. The molecule has 3 heterocycles. The van der Waals surface area contributed by atoms with Crippen molar-refractivity contribution in [1.29, 1.82) is 0 Å². The first-order chi connectivity index (χ1) is 11.7. The number of fused-ring (bicyclic) bond motifs is 3. The maximum absolute atomic E-state index is 12.6. The van der Waals surface area contributed by atoms with E-state index < -0.39 is 0 Å². The second kappa shape index (κ2) is 6.76. The van der Waals surface area contributed by atoms with E-state index in [1.807, 2.05) is 24.3 Å². The lowest BCUT2D eigenvalue weighted by molar-refractivity contribution is -0.128. The van der Waals surface area contributed by atoms with Crippen molar-refractivity contribution in [2.45, 2.75) is 43.5 Å². The van der Waals surface area contributed by atoms with Gasteiger partial charge in [0.25, 0.3) is 0 Å². The molecule has 5 nitrogen and oxygen atoms in total. The van der Waals surface area contributed by atoms with E-state index in [1.165, 1.54) is 12.8 Å². The summed E-state index contributed by atoms with van der Waals surface area (Å²) in [5.41, 5.74) is 2.04. The maximum atomic E-state index is 12.6. The van der Waals surface area contributed by atoms with Crippen LogP contribution >= 0.6 is 11.8 Å². The Morgan fingerprint density at radius 1 is 1.33 bits per heavy atom. The third-order valence-corrected chi connectivity index (χ3v) is 6.26. The molecule has 2 aromatic rings. The van der Waals surface area contributed by atoms with Crippen molar-refractivity contribution < 1.29 is 4.79 Å². The third-order valence-electron chi connectivity index (χ3n) is 5.13. The van der Waals surface area contributed by atoms with Gasteiger partial charge < -0.3 is 15.2 Å². The Morgan fingerprint density at radius 3 is 3.04 bits per heavy atom. The van der Waals surface area contributed by atoms with Crippen LogP contribution in [0.5, 0.6) is 0 Å². The minimum Gasteiger partial charge on any atom is -0.341 e. The number of nitrogens with zero attached hydrogens (tertiary/aromatic N) is 2. The predicted octanol–water partition coefficient (Wildman–Crippen LogP) is 2.71. The number of rotatable bonds is 4. The van der Waals surface area contributed by atoms with E-state index in [0.717, 1.165) is 36.4 Å². The first-order valence-electron chi connectivity index (χ1n) is 8.79.